The quantitative estimate of drug-likeness (QED) is 0.474. The summed E-state index contributed by atoms with van der Waals surface area (Å²) in [4.78, 5) is 21.6. The maximum atomic E-state index is 11.2. The van der Waals surface area contributed by atoms with Crippen molar-refractivity contribution in [3.05, 3.63) is 46.4 Å². The smallest absolute Gasteiger partial charge is 0.225 e. The van der Waals surface area contributed by atoms with E-state index in [1.54, 1.807) is 12.1 Å². The van der Waals surface area contributed by atoms with Gasteiger partial charge in [-0.15, -0.1) is 0 Å². The molecular formula is C12H7BrO2. The molecule has 2 rings (SSSR count). The molecule has 0 aliphatic heterocycles. The monoisotopic (exact) mass is 262 g/mol. The molecule has 0 amide bonds. The summed E-state index contributed by atoms with van der Waals surface area (Å²) < 4.78 is 0.825. The van der Waals surface area contributed by atoms with E-state index in [9.17, 15) is 9.59 Å². The SMILES string of the molecule is O=CC(=O)c1cc(Br)c2ccccc2c1. The number of benzene rings is 2. The van der Waals surface area contributed by atoms with Gasteiger partial charge < -0.3 is 0 Å². The zero-order chi connectivity index (χ0) is 10.8. The molecule has 0 unspecified atom stereocenters. The molecule has 0 aliphatic rings. The maximum absolute atomic E-state index is 11.2. The standard InChI is InChI=1S/C12H7BrO2/c13-11-6-9(12(15)7-14)5-8-3-1-2-4-10(8)11/h1-7H. The molecule has 0 fully saturated rings. The van der Waals surface area contributed by atoms with Gasteiger partial charge >= 0.3 is 0 Å². The van der Waals surface area contributed by atoms with Crippen molar-refractivity contribution in [2.45, 2.75) is 0 Å². The van der Waals surface area contributed by atoms with Gasteiger partial charge in [0, 0.05) is 10.0 Å². The summed E-state index contributed by atoms with van der Waals surface area (Å²) in [5, 5.41) is 1.97. The number of Topliss-reactive ketones (excluding diaryl/α,β-unsaturated/α-hetero) is 1. The molecular weight excluding hydrogens is 256 g/mol. The van der Waals surface area contributed by atoms with Gasteiger partial charge in [-0.05, 0) is 22.9 Å². The van der Waals surface area contributed by atoms with Gasteiger partial charge in [0.15, 0.2) is 6.29 Å². The topological polar surface area (TPSA) is 34.1 Å². The number of rotatable bonds is 2. The van der Waals surface area contributed by atoms with Gasteiger partial charge in [0.2, 0.25) is 5.78 Å². The van der Waals surface area contributed by atoms with Crippen LogP contribution >= 0.6 is 15.9 Å². The number of aldehydes is 1. The summed E-state index contributed by atoms with van der Waals surface area (Å²) >= 11 is 3.38. The highest BCUT2D eigenvalue weighted by Gasteiger charge is 2.07. The van der Waals surface area contributed by atoms with Crippen molar-refractivity contribution in [2.75, 3.05) is 0 Å². The number of carbonyl (C=O) groups is 2. The third kappa shape index (κ3) is 1.83. The van der Waals surface area contributed by atoms with Crippen LogP contribution in [0, 0.1) is 0 Å². The summed E-state index contributed by atoms with van der Waals surface area (Å²) in [6.45, 7) is 0. The van der Waals surface area contributed by atoms with Gasteiger partial charge in [-0.25, -0.2) is 0 Å². The lowest BCUT2D eigenvalue weighted by Crippen LogP contribution is -1.99. The van der Waals surface area contributed by atoms with Crippen LogP contribution < -0.4 is 0 Å². The zero-order valence-electron chi connectivity index (χ0n) is 7.74. The van der Waals surface area contributed by atoms with Gasteiger partial charge in [0.1, 0.15) is 0 Å². The van der Waals surface area contributed by atoms with Crippen molar-refractivity contribution >= 4 is 38.8 Å². The normalized spacial score (nSPS) is 10.2. The molecule has 0 saturated heterocycles. The van der Waals surface area contributed by atoms with Crippen molar-refractivity contribution in [1.82, 2.24) is 0 Å². The predicted molar refractivity (Wildman–Crippen MR) is 62.0 cm³/mol. The molecule has 0 bridgehead atoms. The van der Waals surface area contributed by atoms with E-state index in [0.717, 1.165) is 15.2 Å². The van der Waals surface area contributed by atoms with Gasteiger partial charge in [-0.1, -0.05) is 40.2 Å². The second-order valence-electron chi connectivity index (χ2n) is 3.16. The number of halogens is 1. The number of carbonyl (C=O) groups excluding carboxylic acids is 2. The highest BCUT2D eigenvalue weighted by atomic mass is 79.9. The number of hydrogen-bond donors (Lipinski definition) is 0. The lowest BCUT2D eigenvalue weighted by atomic mass is 10.1. The Morgan fingerprint density at radius 2 is 1.93 bits per heavy atom. The summed E-state index contributed by atoms with van der Waals surface area (Å²) in [7, 11) is 0. The first kappa shape index (κ1) is 10.1. The van der Waals surface area contributed by atoms with Crippen LogP contribution in [0.3, 0.4) is 0 Å². The van der Waals surface area contributed by atoms with E-state index >= 15 is 0 Å². The summed E-state index contributed by atoms with van der Waals surface area (Å²) in [5.74, 6) is -0.499. The molecule has 2 aromatic rings. The van der Waals surface area contributed by atoms with Crippen molar-refractivity contribution < 1.29 is 9.59 Å². The average Bonchev–Trinajstić information content (AvgIpc) is 2.28. The van der Waals surface area contributed by atoms with Crippen molar-refractivity contribution in [3.8, 4) is 0 Å². The fourth-order valence-corrected chi connectivity index (χ4v) is 2.08. The van der Waals surface area contributed by atoms with Gasteiger partial charge in [0.25, 0.3) is 0 Å². The van der Waals surface area contributed by atoms with Gasteiger partial charge in [-0.3, -0.25) is 9.59 Å². The van der Waals surface area contributed by atoms with Crippen LogP contribution in [0.1, 0.15) is 10.4 Å². The van der Waals surface area contributed by atoms with Crippen LogP contribution in [0.5, 0.6) is 0 Å². The lowest BCUT2D eigenvalue weighted by molar-refractivity contribution is -0.104. The zero-order valence-corrected chi connectivity index (χ0v) is 9.32. The molecule has 0 spiro atoms. The summed E-state index contributed by atoms with van der Waals surface area (Å²) in [5.41, 5.74) is 0.413. The lowest BCUT2D eigenvalue weighted by Gasteiger charge is -2.02. The number of hydrogen-bond acceptors (Lipinski definition) is 2. The van der Waals surface area contributed by atoms with Crippen LogP contribution in [0.25, 0.3) is 10.8 Å². The molecule has 2 aromatic carbocycles. The molecule has 0 atom stereocenters. The Morgan fingerprint density at radius 3 is 2.67 bits per heavy atom. The molecule has 0 aromatic heterocycles. The van der Waals surface area contributed by atoms with Crippen LogP contribution in [0.2, 0.25) is 0 Å². The fourth-order valence-electron chi connectivity index (χ4n) is 1.47. The average molecular weight is 263 g/mol. The highest BCUT2D eigenvalue weighted by Crippen LogP contribution is 2.25. The van der Waals surface area contributed by atoms with E-state index in [2.05, 4.69) is 15.9 Å². The van der Waals surface area contributed by atoms with E-state index in [4.69, 9.17) is 0 Å². The van der Waals surface area contributed by atoms with Crippen LogP contribution in [-0.4, -0.2) is 12.1 Å². The number of ketones is 1. The molecule has 0 aliphatic carbocycles. The van der Waals surface area contributed by atoms with E-state index < -0.39 is 5.78 Å². The van der Waals surface area contributed by atoms with E-state index in [-0.39, 0.29) is 0 Å². The fraction of sp³-hybridized carbons (Fsp3) is 0. The Labute approximate surface area is 95.0 Å². The van der Waals surface area contributed by atoms with Crippen LogP contribution in [0.4, 0.5) is 0 Å². The van der Waals surface area contributed by atoms with E-state index in [1.807, 2.05) is 24.3 Å². The largest absolute Gasteiger partial charge is 0.294 e. The Morgan fingerprint density at radius 1 is 1.20 bits per heavy atom. The molecule has 74 valence electrons. The molecule has 0 radical (unpaired) electrons. The third-order valence-corrected chi connectivity index (χ3v) is 2.86. The summed E-state index contributed by atoms with van der Waals surface area (Å²) in [6.07, 6.45) is 0.330. The minimum absolute atomic E-state index is 0.330. The minimum Gasteiger partial charge on any atom is -0.294 e. The second kappa shape index (κ2) is 3.95. The Balaban J connectivity index is 2.72. The number of fused-ring (bicyclic) bond motifs is 1. The van der Waals surface area contributed by atoms with Crippen molar-refractivity contribution in [2.24, 2.45) is 0 Å². The minimum atomic E-state index is -0.499. The molecule has 2 nitrogen and oxygen atoms in total. The Bertz CT molecular complexity index is 546. The Kier molecular flexibility index (Phi) is 2.64. The Hall–Kier alpha value is -1.48. The maximum Gasteiger partial charge on any atom is 0.225 e. The first-order valence-electron chi connectivity index (χ1n) is 4.40. The molecule has 15 heavy (non-hydrogen) atoms. The molecule has 0 saturated carbocycles. The first-order valence-corrected chi connectivity index (χ1v) is 5.19. The highest BCUT2D eigenvalue weighted by molar-refractivity contribution is 9.10. The second-order valence-corrected chi connectivity index (χ2v) is 4.02. The van der Waals surface area contributed by atoms with Gasteiger partial charge in [0.05, 0.1) is 0 Å². The first-order chi connectivity index (χ1) is 7.22. The van der Waals surface area contributed by atoms with E-state index in [1.165, 1.54) is 0 Å². The van der Waals surface area contributed by atoms with Crippen LogP contribution in [-0.2, 0) is 4.79 Å². The van der Waals surface area contributed by atoms with E-state index in [0.29, 0.717) is 11.8 Å². The van der Waals surface area contributed by atoms with Crippen molar-refractivity contribution in [1.29, 1.82) is 0 Å². The van der Waals surface area contributed by atoms with Crippen LogP contribution in [0.15, 0.2) is 40.9 Å². The molecule has 0 N–H and O–H groups in total. The molecule has 3 heteroatoms. The summed E-state index contributed by atoms with van der Waals surface area (Å²) in [6, 6.07) is 11.1. The predicted octanol–water partition coefficient (Wildman–Crippen LogP) is 2.98. The third-order valence-electron chi connectivity index (χ3n) is 2.20. The van der Waals surface area contributed by atoms with Crippen molar-refractivity contribution in [3.63, 3.8) is 0 Å². The van der Waals surface area contributed by atoms with Gasteiger partial charge in [-0.2, -0.15) is 0 Å². The molecule has 0 heterocycles.